The number of ether oxygens (including phenoxy) is 1. The minimum atomic E-state index is -4.26. The summed E-state index contributed by atoms with van der Waals surface area (Å²) in [6.07, 6.45) is -5.56. The molecule has 0 bridgehead atoms. The average Bonchev–Trinajstić information content (AvgIpc) is 2.65. The van der Waals surface area contributed by atoms with Gasteiger partial charge in [0, 0.05) is 17.9 Å². The van der Waals surface area contributed by atoms with Gasteiger partial charge in [-0.3, -0.25) is 4.18 Å². The van der Waals surface area contributed by atoms with E-state index in [4.69, 9.17) is 13.1 Å². The van der Waals surface area contributed by atoms with Crippen LogP contribution in [-0.4, -0.2) is 17.0 Å². The quantitative estimate of drug-likeness (QED) is 0.431. The summed E-state index contributed by atoms with van der Waals surface area (Å²) in [6.45, 7) is -0.321. The Labute approximate surface area is 162 Å². The third-order valence-corrected chi connectivity index (χ3v) is 4.42. The third kappa shape index (κ3) is 5.97. The second-order valence-electron chi connectivity index (χ2n) is 5.88. The lowest BCUT2D eigenvalue weighted by molar-refractivity contribution is -0.136. The molecule has 1 atom stereocenters. The highest BCUT2D eigenvalue weighted by Gasteiger charge is 2.26. The minimum Gasteiger partial charge on any atom is -0.457 e. The Morgan fingerprint density at radius 3 is 2.43 bits per heavy atom. The Bertz CT molecular complexity index is 954. The molecule has 1 unspecified atom stereocenters. The van der Waals surface area contributed by atoms with Gasteiger partial charge < -0.3 is 8.92 Å². The molecule has 0 fully saturated rings. The summed E-state index contributed by atoms with van der Waals surface area (Å²) in [4.78, 5) is 0. The van der Waals surface area contributed by atoms with E-state index in [1.165, 1.54) is 6.07 Å². The average molecular weight is 410 g/mol. The van der Waals surface area contributed by atoms with Gasteiger partial charge in [-0.05, 0) is 30.0 Å². The summed E-state index contributed by atoms with van der Waals surface area (Å²) in [5, 5.41) is 1.97. The topological polar surface area (TPSA) is 44.8 Å². The number of benzene rings is 3. The van der Waals surface area contributed by atoms with Gasteiger partial charge in [0.25, 0.3) is 0 Å². The largest absolute Gasteiger partial charge is 0.457 e. The van der Waals surface area contributed by atoms with Crippen molar-refractivity contribution in [1.82, 2.24) is 0 Å². The highest BCUT2D eigenvalue weighted by molar-refractivity contribution is 7.75. The molecule has 0 heterocycles. The fraction of sp³-hybridized carbons (Fsp3) is 0.200. The predicted molar refractivity (Wildman–Crippen MR) is 100 cm³/mol. The summed E-state index contributed by atoms with van der Waals surface area (Å²) in [5.41, 5.74) is 0. The number of rotatable bonds is 8. The first-order valence-electron chi connectivity index (χ1n) is 8.46. The molecule has 3 aromatic carbocycles. The Morgan fingerprint density at radius 1 is 0.893 bits per heavy atom. The molecule has 0 aliphatic heterocycles. The second-order valence-corrected chi connectivity index (χ2v) is 6.69. The maximum Gasteiger partial charge on any atom is 0.389 e. The van der Waals surface area contributed by atoms with Crippen LogP contribution in [0.1, 0.15) is 12.8 Å². The maximum atomic E-state index is 12.1. The van der Waals surface area contributed by atoms with Crippen LogP contribution >= 0.6 is 0 Å². The molecule has 0 radical (unpaired) electrons. The van der Waals surface area contributed by atoms with E-state index in [9.17, 15) is 17.4 Å². The molecule has 0 aromatic heterocycles. The summed E-state index contributed by atoms with van der Waals surface area (Å²) >= 11 is -2.20. The number of fused-ring (bicyclic) bond motifs is 1. The van der Waals surface area contributed by atoms with Crippen LogP contribution in [0.3, 0.4) is 0 Å². The molecule has 0 saturated carbocycles. The molecule has 0 spiro atoms. The van der Waals surface area contributed by atoms with Crippen molar-refractivity contribution in [2.24, 2.45) is 0 Å². The van der Waals surface area contributed by atoms with E-state index in [1.54, 1.807) is 18.2 Å². The number of halogens is 3. The van der Waals surface area contributed by atoms with Crippen LogP contribution in [0.5, 0.6) is 17.2 Å². The molecule has 3 aromatic rings. The van der Waals surface area contributed by atoms with Crippen LogP contribution < -0.4 is 8.92 Å². The molecule has 4 nitrogen and oxygen atoms in total. The van der Waals surface area contributed by atoms with Crippen molar-refractivity contribution in [3.63, 3.8) is 0 Å². The summed E-state index contributed by atoms with van der Waals surface area (Å²) < 4.78 is 63.7. The van der Waals surface area contributed by atoms with Gasteiger partial charge >= 0.3 is 17.5 Å². The van der Waals surface area contributed by atoms with Crippen molar-refractivity contribution >= 4 is 22.1 Å². The number of hydrogen-bond donors (Lipinski definition) is 0. The van der Waals surface area contributed by atoms with E-state index in [0.717, 1.165) is 10.8 Å². The fourth-order valence-electron chi connectivity index (χ4n) is 2.50. The standard InChI is InChI=1S/C20H17F3O4S/c21-20(22,23)12-5-13-25-28(24)27-17-9-4-8-16(14-17)26-19-11-3-7-15-6-1-2-10-18(15)19/h1-4,6-11,14H,5,12-13H2. The Balaban J connectivity index is 1.60. The molecule has 0 saturated heterocycles. The first-order chi connectivity index (χ1) is 13.4. The SMILES string of the molecule is O=S(OCCCC(F)(F)F)Oc1cccc(Oc2cccc3ccccc23)c1. The van der Waals surface area contributed by atoms with Crippen LogP contribution in [0.15, 0.2) is 66.7 Å². The fourth-order valence-corrected chi connectivity index (χ4v) is 3.07. The highest BCUT2D eigenvalue weighted by atomic mass is 32.2. The number of hydrogen-bond acceptors (Lipinski definition) is 4. The lowest BCUT2D eigenvalue weighted by Crippen LogP contribution is -2.11. The minimum absolute atomic E-state index is 0.215. The molecular formula is C20H17F3O4S. The normalized spacial score (nSPS) is 12.7. The number of alkyl halides is 3. The van der Waals surface area contributed by atoms with Gasteiger partial charge in [0.15, 0.2) is 0 Å². The van der Waals surface area contributed by atoms with Crippen LogP contribution in [0.25, 0.3) is 10.8 Å². The first kappa shape index (κ1) is 20.2. The van der Waals surface area contributed by atoms with Crippen molar-refractivity contribution in [3.05, 3.63) is 66.7 Å². The first-order valence-corrected chi connectivity index (χ1v) is 9.46. The van der Waals surface area contributed by atoms with E-state index in [-0.39, 0.29) is 18.8 Å². The zero-order chi connectivity index (χ0) is 20.0. The lowest BCUT2D eigenvalue weighted by Gasteiger charge is -2.10. The second kappa shape index (κ2) is 9.07. The molecule has 0 N–H and O–H groups in total. The monoisotopic (exact) mass is 410 g/mol. The van der Waals surface area contributed by atoms with Gasteiger partial charge in [-0.2, -0.15) is 17.4 Å². The van der Waals surface area contributed by atoms with E-state index in [1.807, 2.05) is 42.5 Å². The van der Waals surface area contributed by atoms with Gasteiger partial charge in [-0.25, -0.2) is 0 Å². The zero-order valence-corrected chi connectivity index (χ0v) is 15.5. The van der Waals surface area contributed by atoms with Gasteiger partial charge in [0.1, 0.15) is 17.2 Å². The predicted octanol–water partition coefficient (Wildman–Crippen LogP) is 5.95. The highest BCUT2D eigenvalue weighted by Crippen LogP contribution is 2.31. The van der Waals surface area contributed by atoms with Crippen LogP contribution in [0.4, 0.5) is 13.2 Å². The van der Waals surface area contributed by atoms with Crippen LogP contribution in [0.2, 0.25) is 0 Å². The molecule has 0 aliphatic rings. The van der Waals surface area contributed by atoms with Crippen LogP contribution in [-0.2, 0) is 15.5 Å². The van der Waals surface area contributed by atoms with Gasteiger partial charge in [0.05, 0.1) is 6.61 Å². The molecular weight excluding hydrogens is 393 g/mol. The Morgan fingerprint density at radius 2 is 1.61 bits per heavy atom. The molecule has 0 aliphatic carbocycles. The van der Waals surface area contributed by atoms with Gasteiger partial charge in [-0.1, -0.05) is 42.5 Å². The lowest BCUT2D eigenvalue weighted by atomic mass is 10.1. The van der Waals surface area contributed by atoms with E-state index < -0.39 is 24.0 Å². The molecule has 3 rings (SSSR count). The van der Waals surface area contributed by atoms with E-state index in [0.29, 0.717) is 11.5 Å². The van der Waals surface area contributed by atoms with Crippen molar-refractivity contribution in [2.75, 3.05) is 6.61 Å². The summed E-state index contributed by atoms with van der Waals surface area (Å²) in [5.74, 6) is 1.33. The molecule has 148 valence electrons. The molecule has 8 heteroatoms. The van der Waals surface area contributed by atoms with Crippen LogP contribution in [0, 0.1) is 0 Å². The van der Waals surface area contributed by atoms with E-state index in [2.05, 4.69) is 0 Å². The van der Waals surface area contributed by atoms with Crippen molar-refractivity contribution in [3.8, 4) is 17.2 Å². The van der Waals surface area contributed by atoms with Gasteiger partial charge in [-0.15, -0.1) is 0 Å². The Kier molecular flexibility index (Phi) is 6.53. The van der Waals surface area contributed by atoms with Crippen molar-refractivity contribution in [2.45, 2.75) is 19.0 Å². The van der Waals surface area contributed by atoms with Gasteiger partial charge in [0.2, 0.25) is 0 Å². The van der Waals surface area contributed by atoms with E-state index >= 15 is 0 Å². The molecule has 28 heavy (non-hydrogen) atoms. The van der Waals surface area contributed by atoms with Crippen molar-refractivity contribution < 1.29 is 30.5 Å². The summed E-state index contributed by atoms with van der Waals surface area (Å²) in [6, 6.07) is 19.9. The zero-order valence-electron chi connectivity index (χ0n) is 14.6. The third-order valence-electron chi connectivity index (χ3n) is 3.73. The Hall–Kier alpha value is -2.58. The summed E-state index contributed by atoms with van der Waals surface area (Å²) in [7, 11) is 0. The molecule has 0 amide bonds. The van der Waals surface area contributed by atoms with Crippen molar-refractivity contribution in [1.29, 1.82) is 0 Å². The maximum absolute atomic E-state index is 12.1. The smallest absolute Gasteiger partial charge is 0.389 e.